The summed E-state index contributed by atoms with van der Waals surface area (Å²) in [4.78, 5) is 12.5. The van der Waals surface area contributed by atoms with Crippen molar-refractivity contribution in [2.24, 2.45) is 0 Å². The molecule has 2 N–H and O–H groups in total. The summed E-state index contributed by atoms with van der Waals surface area (Å²) >= 11 is 5.97. The summed E-state index contributed by atoms with van der Waals surface area (Å²) in [6.07, 6.45) is 0. The first-order valence-electron chi connectivity index (χ1n) is 9.31. The molecule has 0 heterocycles. The van der Waals surface area contributed by atoms with Crippen LogP contribution in [0, 0.1) is 0 Å². The fourth-order valence-corrected chi connectivity index (χ4v) is 2.94. The average molecular weight is 427 g/mol. The summed E-state index contributed by atoms with van der Waals surface area (Å²) < 4.78 is 16.5. The minimum Gasteiger partial charge on any atom is -0.497 e. The van der Waals surface area contributed by atoms with Gasteiger partial charge in [-0.1, -0.05) is 17.7 Å². The molecule has 0 aromatic heterocycles. The number of halogens is 1. The molecule has 3 rings (SSSR count). The van der Waals surface area contributed by atoms with Crippen molar-refractivity contribution in [2.75, 3.05) is 24.9 Å². The van der Waals surface area contributed by atoms with Crippen LogP contribution < -0.4 is 24.8 Å². The zero-order chi connectivity index (χ0) is 21.5. The molecule has 6 nitrogen and oxygen atoms in total. The smallest absolute Gasteiger partial charge is 0.246 e. The number of amides is 1. The van der Waals surface area contributed by atoms with Crippen LogP contribution in [0.2, 0.25) is 5.02 Å². The molecule has 0 saturated carbocycles. The highest BCUT2D eigenvalue weighted by Crippen LogP contribution is 2.34. The number of hydrogen-bond donors (Lipinski definition) is 2. The number of methoxy groups -OCH3 is 2. The molecular weight excluding hydrogens is 404 g/mol. The zero-order valence-corrected chi connectivity index (χ0v) is 17.7. The quantitative estimate of drug-likeness (QED) is 0.491. The maximum Gasteiger partial charge on any atom is 0.246 e. The molecule has 0 radical (unpaired) electrons. The monoisotopic (exact) mass is 426 g/mol. The van der Waals surface area contributed by atoms with Gasteiger partial charge < -0.3 is 24.8 Å². The maximum absolute atomic E-state index is 12.5. The molecule has 0 fully saturated rings. The van der Waals surface area contributed by atoms with Crippen molar-refractivity contribution in [1.82, 2.24) is 0 Å². The summed E-state index contributed by atoms with van der Waals surface area (Å²) in [5.41, 5.74) is 1.35. The van der Waals surface area contributed by atoms with Gasteiger partial charge in [0, 0.05) is 22.5 Å². The van der Waals surface area contributed by atoms with Crippen LogP contribution in [-0.2, 0) is 4.79 Å². The van der Waals surface area contributed by atoms with E-state index in [2.05, 4.69) is 10.6 Å². The molecule has 0 spiro atoms. The van der Waals surface area contributed by atoms with Gasteiger partial charge >= 0.3 is 0 Å². The topological polar surface area (TPSA) is 68.8 Å². The van der Waals surface area contributed by atoms with Crippen molar-refractivity contribution in [1.29, 1.82) is 0 Å². The Morgan fingerprint density at radius 2 is 1.60 bits per heavy atom. The second-order valence-electron chi connectivity index (χ2n) is 6.51. The van der Waals surface area contributed by atoms with Crippen LogP contribution in [0.1, 0.15) is 6.92 Å². The maximum atomic E-state index is 12.5. The third-order valence-corrected chi connectivity index (χ3v) is 4.55. The van der Waals surface area contributed by atoms with E-state index < -0.39 is 6.04 Å². The number of anilines is 2. The van der Waals surface area contributed by atoms with Crippen LogP contribution >= 0.6 is 11.6 Å². The molecule has 30 heavy (non-hydrogen) atoms. The number of rotatable bonds is 8. The van der Waals surface area contributed by atoms with E-state index in [0.717, 1.165) is 5.75 Å². The molecule has 0 aliphatic carbocycles. The number of hydrogen-bond acceptors (Lipinski definition) is 5. The van der Waals surface area contributed by atoms with E-state index in [1.54, 1.807) is 69.7 Å². The Labute approximate surface area is 180 Å². The van der Waals surface area contributed by atoms with Crippen molar-refractivity contribution < 1.29 is 19.0 Å². The summed E-state index contributed by atoms with van der Waals surface area (Å²) in [6.45, 7) is 1.77. The van der Waals surface area contributed by atoms with E-state index in [0.29, 0.717) is 33.6 Å². The highest BCUT2D eigenvalue weighted by atomic mass is 35.5. The molecule has 7 heteroatoms. The predicted octanol–water partition coefficient (Wildman–Crippen LogP) is 5.59. The number of ether oxygens (including phenoxy) is 3. The van der Waals surface area contributed by atoms with E-state index in [9.17, 15) is 4.79 Å². The fourth-order valence-electron chi connectivity index (χ4n) is 2.75. The van der Waals surface area contributed by atoms with Gasteiger partial charge in [0.25, 0.3) is 0 Å². The van der Waals surface area contributed by atoms with Crippen molar-refractivity contribution in [3.05, 3.63) is 71.8 Å². The lowest BCUT2D eigenvalue weighted by Crippen LogP contribution is -2.31. The van der Waals surface area contributed by atoms with Gasteiger partial charge in [0.1, 0.15) is 17.5 Å². The predicted molar refractivity (Wildman–Crippen MR) is 119 cm³/mol. The highest BCUT2D eigenvalue weighted by Gasteiger charge is 2.15. The standard InChI is InChI=1S/C23H23ClN2O4/c1-15(23(27)26-17-6-4-5-16(24)13-17)25-18-7-12-21(29-3)22(14-18)30-20-10-8-19(28-2)9-11-20/h4-15,25H,1-3H3,(H,26,27). The zero-order valence-electron chi connectivity index (χ0n) is 16.9. The first kappa shape index (κ1) is 21.3. The second-order valence-corrected chi connectivity index (χ2v) is 6.95. The van der Waals surface area contributed by atoms with E-state index >= 15 is 0 Å². The number of nitrogens with one attached hydrogen (secondary N) is 2. The van der Waals surface area contributed by atoms with Crippen LogP contribution in [0.3, 0.4) is 0 Å². The van der Waals surface area contributed by atoms with Crippen LogP contribution in [0.15, 0.2) is 66.7 Å². The van der Waals surface area contributed by atoms with Gasteiger partial charge in [-0.05, 0) is 61.5 Å². The number of benzene rings is 3. The lowest BCUT2D eigenvalue weighted by molar-refractivity contribution is -0.116. The molecule has 0 aliphatic rings. The Morgan fingerprint density at radius 3 is 2.27 bits per heavy atom. The normalized spacial score (nSPS) is 11.3. The van der Waals surface area contributed by atoms with E-state index in [1.165, 1.54) is 0 Å². The summed E-state index contributed by atoms with van der Waals surface area (Å²) in [5.74, 6) is 2.29. The lowest BCUT2D eigenvalue weighted by Gasteiger charge is -2.17. The molecule has 1 atom stereocenters. The molecule has 3 aromatic carbocycles. The van der Waals surface area contributed by atoms with Gasteiger partial charge in [-0.3, -0.25) is 4.79 Å². The summed E-state index contributed by atoms with van der Waals surface area (Å²) in [5, 5.41) is 6.57. The van der Waals surface area contributed by atoms with Crippen molar-refractivity contribution in [3.63, 3.8) is 0 Å². The van der Waals surface area contributed by atoms with E-state index in [-0.39, 0.29) is 5.91 Å². The molecule has 0 bridgehead atoms. The number of carbonyl (C=O) groups excluding carboxylic acids is 1. The van der Waals surface area contributed by atoms with Gasteiger partial charge in [-0.15, -0.1) is 0 Å². The van der Waals surface area contributed by atoms with E-state index in [4.69, 9.17) is 25.8 Å². The molecule has 0 saturated heterocycles. The minimum atomic E-state index is -0.494. The highest BCUT2D eigenvalue weighted by molar-refractivity contribution is 6.30. The fraction of sp³-hybridized carbons (Fsp3) is 0.174. The Kier molecular flexibility index (Phi) is 7.03. The SMILES string of the molecule is COc1ccc(Oc2cc(NC(C)C(=O)Nc3cccc(Cl)c3)ccc2OC)cc1. The van der Waals surface area contributed by atoms with Gasteiger partial charge in [0.2, 0.25) is 5.91 Å². The Bertz CT molecular complexity index is 1010. The molecule has 1 unspecified atom stereocenters. The Balaban J connectivity index is 1.70. The second kappa shape index (κ2) is 9.89. The first-order valence-corrected chi connectivity index (χ1v) is 9.69. The molecular formula is C23H23ClN2O4. The van der Waals surface area contributed by atoms with Gasteiger partial charge in [0.05, 0.1) is 14.2 Å². The number of carbonyl (C=O) groups is 1. The van der Waals surface area contributed by atoms with Crippen molar-refractivity contribution in [3.8, 4) is 23.0 Å². The third-order valence-electron chi connectivity index (χ3n) is 4.32. The molecule has 0 aliphatic heterocycles. The van der Waals surface area contributed by atoms with Crippen LogP contribution in [-0.4, -0.2) is 26.2 Å². The van der Waals surface area contributed by atoms with Crippen LogP contribution in [0.5, 0.6) is 23.0 Å². The Hall–Kier alpha value is -3.38. The summed E-state index contributed by atoms with van der Waals surface area (Å²) in [6, 6.07) is 19.1. The molecule has 1 amide bonds. The van der Waals surface area contributed by atoms with Crippen molar-refractivity contribution in [2.45, 2.75) is 13.0 Å². The van der Waals surface area contributed by atoms with Crippen LogP contribution in [0.4, 0.5) is 11.4 Å². The third kappa shape index (κ3) is 5.58. The van der Waals surface area contributed by atoms with Gasteiger partial charge in [-0.2, -0.15) is 0 Å². The molecule has 156 valence electrons. The largest absolute Gasteiger partial charge is 0.497 e. The molecule has 3 aromatic rings. The first-order chi connectivity index (χ1) is 14.5. The van der Waals surface area contributed by atoms with Crippen molar-refractivity contribution >= 4 is 28.9 Å². The van der Waals surface area contributed by atoms with Gasteiger partial charge in [0.15, 0.2) is 11.5 Å². The van der Waals surface area contributed by atoms with Crippen LogP contribution in [0.25, 0.3) is 0 Å². The lowest BCUT2D eigenvalue weighted by atomic mass is 10.2. The minimum absolute atomic E-state index is 0.189. The van der Waals surface area contributed by atoms with Gasteiger partial charge in [-0.25, -0.2) is 0 Å². The van der Waals surface area contributed by atoms with E-state index in [1.807, 2.05) is 18.2 Å². The summed E-state index contributed by atoms with van der Waals surface area (Å²) in [7, 11) is 3.18. The average Bonchev–Trinajstić information content (AvgIpc) is 2.74. The Morgan fingerprint density at radius 1 is 0.867 bits per heavy atom.